The van der Waals surface area contributed by atoms with Crippen LogP contribution in [0.25, 0.3) is 5.57 Å². The first-order valence-corrected chi connectivity index (χ1v) is 9.14. The van der Waals surface area contributed by atoms with Crippen LogP contribution in [0, 0.1) is 0 Å². The highest BCUT2D eigenvalue weighted by Crippen LogP contribution is 2.28. The number of nitrogens with zero attached hydrogens (tertiary/aromatic N) is 2. The topological polar surface area (TPSA) is 71.8 Å². The Labute approximate surface area is 158 Å². The van der Waals surface area contributed by atoms with Crippen LogP contribution < -0.4 is 10.4 Å². The lowest BCUT2D eigenvalue weighted by Crippen LogP contribution is -2.34. The molecule has 2 aliphatic rings. The van der Waals surface area contributed by atoms with E-state index in [2.05, 4.69) is 11.6 Å². The molecule has 0 bridgehead atoms. The van der Waals surface area contributed by atoms with E-state index in [1.54, 1.807) is 10.6 Å². The molecule has 0 saturated carbocycles. The van der Waals surface area contributed by atoms with Crippen molar-refractivity contribution in [3.63, 3.8) is 0 Å². The standard InChI is InChI=1S/C20H26N2O5/c1-4-7-25-14(2)10-16-5-6-22-18(15(16)3)11-19(21-20(22)23)27-13-17-12-24-8-9-26-17/h4,10-11,17H,1,5-9,12-13H2,2-3H3/b14-10+. The lowest BCUT2D eigenvalue weighted by Gasteiger charge is -2.24. The Morgan fingerprint density at radius 2 is 2.33 bits per heavy atom. The second kappa shape index (κ2) is 9.01. The van der Waals surface area contributed by atoms with Crippen LogP contribution in [0.1, 0.15) is 26.0 Å². The van der Waals surface area contributed by atoms with Gasteiger partial charge in [-0.25, -0.2) is 4.79 Å². The van der Waals surface area contributed by atoms with Gasteiger partial charge in [0.2, 0.25) is 5.88 Å². The lowest BCUT2D eigenvalue weighted by molar-refractivity contribution is -0.102. The second-order valence-electron chi connectivity index (χ2n) is 6.55. The molecular weight excluding hydrogens is 348 g/mol. The van der Waals surface area contributed by atoms with Crippen LogP contribution in [0.3, 0.4) is 0 Å². The van der Waals surface area contributed by atoms with Gasteiger partial charge < -0.3 is 18.9 Å². The number of allylic oxidation sites excluding steroid dienone is 4. The number of rotatable bonds is 7. The molecule has 2 aliphatic heterocycles. The van der Waals surface area contributed by atoms with Gasteiger partial charge in [0.05, 0.1) is 31.3 Å². The summed E-state index contributed by atoms with van der Waals surface area (Å²) in [4.78, 5) is 16.4. The summed E-state index contributed by atoms with van der Waals surface area (Å²) in [5.74, 6) is 1.13. The van der Waals surface area contributed by atoms with Crippen LogP contribution in [-0.2, 0) is 20.8 Å². The summed E-state index contributed by atoms with van der Waals surface area (Å²) in [6, 6.07) is 1.81. The van der Waals surface area contributed by atoms with Crippen molar-refractivity contribution in [2.75, 3.05) is 33.0 Å². The molecule has 0 spiro atoms. The van der Waals surface area contributed by atoms with Crippen LogP contribution in [0.15, 0.2) is 40.9 Å². The van der Waals surface area contributed by atoms with Gasteiger partial charge in [-0.1, -0.05) is 12.7 Å². The van der Waals surface area contributed by atoms with Crippen molar-refractivity contribution in [2.24, 2.45) is 0 Å². The van der Waals surface area contributed by atoms with E-state index >= 15 is 0 Å². The van der Waals surface area contributed by atoms with E-state index < -0.39 is 0 Å². The minimum Gasteiger partial charge on any atom is -0.494 e. The zero-order valence-corrected chi connectivity index (χ0v) is 15.9. The normalized spacial score (nSPS) is 20.2. The Kier molecular flexibility index (Phi) is 6.47. The zero-order chi connectivity index (χ0) is 19.2. The maximum atomic E-state index is 12.4. The van der Waals surface area contributed by atoms with E-state index in [-0.39, 0.29) is 11.8 Å². The SMILES string of the molecule is C=CCO/C(C)=C/C1=C(C)c2cc(OCC3COCCO3)nc(=O)n2CC1. The van der Waals surface area contributed by atoms with E-state index in [9.17, 15) is 4.79 Å². The first-order chi connectivity index (χ1) is 13.1. The third kappa shape index (κ3) is 4.87. The molecule has 0 amide bonds. The number of aromatic nitrogens is 2. The summed E-state index contributed by atoms with van der Waals surface area (Å²) >= 11 is 0. The molecule has 0 aromatic carbocycles. The van der Waals surface area contributed by atoms with Gasteiger partial charge in [-0.05, 0) is 37.5 Å². The number of hydrogen-bond acceptors (Lipinski definition) is 6. The number of ether oxygens (including phenoxy) is 4. The minimum atomic E-state index is -0.301. The molecule has 1 aromatic rings. The molecule has 7 heteroatoms. The molecule has 1 fully saturated rings. The van der Waals surface area contributed by atoms with Crippen molar-refractivity contribution in [3.05, 3.63) is 52.3 Å². The summed E-state index contributed by atoms with van der Waals surface area (Å²) in [6.07, 6.45) is 4.34. The highest BCUT2D eigenvalue weighted by molar-refractivity contribution is 5.68. The highest BCUT2D eigenvalue weighted by atomic mass is 16.6. The molecular formula is C20H26N2O5. The average molecular weight is 374 g/mol. The van der Waals surface area contributed by atoms with Crippen molar-refractivity contribution >= 4 is 5.57 Å². The fourth-order valence-electron chi connectivity index (χ4n) is 3.14. The third-order valence-electron chi connectivity index (χ3n) is 4.57. The first kappa shape index (κ1) is 19.4. The predicted molar refractivity (Wildman–Crippen MR) is 102 cm³/mol. The van der Waals surface area contributed by atoms with Gasteiger partial charge in [-0.2, -0.15) is 4.98 Å². The fourth-order valence-corrected chi connectivity index (χ4v) is 3.14. The van der Waals surface area contributed by atoms with Crippen molar-refractivity contribution in [1.82, 2.24) is 9.55 Å². The van der Waals surface area contributed by atoms with Gasteiger partial charge in [0, 0.05) is 12.6 Å². The minimum absolute atomic E-state index is 0.140. The van der Waals surface area contributed by atoms with Crippen LogP contribution >= 0.6 is 0 Å². The molecule has 3 heterocycles. The highest BCUT2D eigenvalue weighted by Gasteiger charge is 2.20. The lowest BCUT2D eigenvalue weighted by atomic mass is 9.98. The number of fused-ring (bicyclic) bond motifs is 1. The van der Waals surface area contributed by atoms with Crippen LogP contribution in [0.4, 0.5) is 0 Å². The summed E-state index contributed by atoms with van der Waals surface area (Å²) < 4.78 is 23.9. The molecule has 7 nitrogen and oxygen atoms in total. The Bertz CT molecular complexity index is 803. The monoisotopic (exact) mass is 374 g/mol. The molecule has 27 heavy (non-hydrogen) atoms. The fraction of sp³-hybridized carbons (Fsp3) is 0.500. The van der Waals surface area contributed by atoms with Crippen molar-refractivity contribution < 1.29 is 18.9 Å². The average Bonchev–Trinajstić information content (AvgIpc) is 2.68. The molecule has 0 radical (unpaired) electrons. The predicted octanol–water partition coefficient (Wildman–Crippen LogP) is 2.32. The van der Waals surface area contributed by atoms with Gasteiger partial charge in [0.15, 0.2) is 0 Å². The van der Waals surface area contributed by atoms with Crippen LogP contribution in [0.2, 0.25) is 0 Å². The van der Waals surface area contributed by atoms with Gasteiger partial charge in [-0.15, -0.1) is 0 Å². The second-order valence-corrected chi connectivity index (χ2v) is 6.55. The molecule has 146 valence electrons. The van der Waals surface area contributed by atoms with Crippen molar-refractivity contribution in [1.29, 1.82) is 0 Å². The number of hydrogen-bond donors (Lipinski definition) is 0. The van der Waals surface area contributed by atoms with Gasteiger partial charge in [0.25, 0.3) is 0 Å². The molecule has 3 rings (SSSR count). The Morgan fingerprint density at radius 3 is 3.07 bits per heavy atom. The first-order valence-electron chi connectivity index (χ1n) is 9.14. The van der Waals surface area contributed by atoms with Gasteiger partial charge in [-0.3, -0.25) is 4.57 Å². The maximum Gasteiger partial charge on any atom is 0.351 e. The molecule has 1 saturated heterocycles. The summed E-state index contributed by atoms with van der Waals surface area (Å²) in [5, 5.41) is 0. The smallest absolute Gasteiger partial charge is 0.351 e. The molecule has 1 unspecified atom stereocenters. The third-order valence-corrected chi connectivity index (χ3v) is 4.57. The van der Waals surface area contributed by atoms with E-state index in [1.165, 1.54) is 0 Å². The Hall–Kier alpha value is -2.38. The largest absolute Gasteiger partial charge is 0.494 e. The van der Waals surface area contributed by atoms with E-state index in [4.69, 9.17) is 18.9 Å². The van der Waals surface area contributed by atoms with E-state index in [1.807, 2.05) is 26.0 Å². The van der Waals surface area contributed by atoms with Gasteiger partial charge in [0.1, 0.15) is 19.3 Å². The quantitative estimate of drug-likeness (QED) is 0.539. The maximum absolute atomic E-state index is 12.4. The summed E-state index contributed by atoms with van der Waals surface area (Å²) in [6.45, 7) is 10.6. The summed E-state index contributed by atoms with van der Waals surface area (Å²) in [7, 11) is 0. The van der Waals surface area contributed by atoms with Crippen LogP contribution in [0.5, 0.6) is 5.88 Å². The Balaban J connectivity index is 1.80. The molecule has 0 N–H and O–H groups in total. The van der Waals surface area contributed by atoms with Crippen molar-refractivity contribution in [3.8, 4) is 5.88 Å². The van der Waals surface area contributed by atoms with Crippen LogP contribution in [-0.4, -0.2) is 48.7 Å². The van der Waals surface area contributed by atoms with Crippen molar-refractivity contribution in [2.45, 2.75) is 32.9 Å². The Morgan fingerprint density at radius 1 is 1.48 bits per heavy atom. The van der Waals surface area contributed by atoms with E-state index in [0.717, 1.165) is 29.0 Å². The van der Waals surface area contributed by atoms with E-state index in [0.29, 0.717) is 45.5 Å². The van der Waals surface area contributed by atoms with Gasteiger partial charge >= 0.3 is 5.69 Å². The molecule has 0 aliphatic carbocycles. The molecule has 1 aromatic heterocycles. The molecule has 1 atom stereocenters. The zero-order valence-electron chi connectivity index (χ0n) is 15.9. The summed E-state index contributed by atoms with van der Waals surface area (Å²) in [5.41, 5.74) is 2.67.